The summed E-state index contributed by atoms with van der Waals surface area (Å²) in [5.74, 6) is 0. The molecule has 7 heteroatoms. The van der Waals surface area contributed by atoms with E-state index in [1.165, 1.54) is 57.8 Å². The predicted molar refractivity (Wildman–Crippen MR) is 109 cm³/mol. The Balaban J connectivity index is -0.0000000375. The van der Waals surface area contributed by atoms with E-state index in [9.17, 15) is 14.4 Å². The van der Waals surface area contributed by atoms with E-state index in [0.29, 0.717) is 19.3 Å². The first-order chi connectivity index (χ1) is 12.2. The molecule has 0 aliphatic rings. The zero-order chi connectivity index (χ0) is 19.4. The summed E-state index contributed by atoms with van der Waals surface area (Å²) in [6, 6.07) is 0. The van der Waals surface area contributed by atoms with Crippen molar-refractivity contribution < 1.29 is 134 Å². The van der Waals surface area contributed by atoms with Gasteiger partial charge in [0, 0.05) is 0 Å². The van der Waals surface area contributed by atoms with Gasteiger partial charge in [0.2, 0.25) is 0 Å². The Labute approximate surface area is 272 Å². The number of unbranched alkanes of at least 4 members (excludes halogenated alkanes) is 13. The van der Waals surface area contributed by atoms with Crippen LogP contribution in [0.15, 0.2) is 0 Å². The average molecular weight is 447 g/mol. The van der Waals surface area contributed by atoms with Gasteiger partial charge >= 0.3 is 118 Å². The fraction of sp³-hybridized carbons (Fsp3) is 0.864. The van der Waals surface area contributed by atoms with Gasteiger partial charge in [-0.1, -0.05) is 104 Å². The SMILES string of the molecule is CCCCCCC[C-]=O.CCCCCCC[C-]=O.CCCCC[C-]=O.[H-].[Na+].[Na+].[Na+].[Na+]. The molecule has 0 heterocycles. The second kappa shape index (κ2) is 57.6. The Kier molecular flexibility index (Phi) is 97.8. The summed E-state index contributed by atoms with van der Waals surface area (Å²) in [7, 11) is 0. The Morgan fingerprint density at radius 1 is 0.414 bits per heavy atom. The molecule has 0 fully saturated rings. The van der Waals surface area contributed by atoms with Crippen molar-refractivity contribution in [3.8, 4) is 0 Å². The number of hydrogen-bond acceptors (Lipinski definition) is 3. The molecule has 0 saturated carbocycles. The Morgan fingerprint density at radius 3 is 0.862 bits per heavy atom. The van der Waals surface area contributed by atoms with Gasteiger partial charge < -0.3 is 15.8 Å². The standard InChI is InChI=1S/2C8H15O.C6H11O.4Na.H/c2*1-2-3-4-5-6-7-8-9;1-2-3-4-5-6-7;;;;;/h2*2-7H2,1H3;2-5H2,1H3;;;;;/q3*-1;4*+1;-1. The van der Waals surface area contributed by atoms with Crippen LogP contribution in [0.1, 0.15) is 125 Å². The molecule has 0 N–H and O–H groups in total. The van der Waals surface area contributed by atoms with Crippen molar-refractivity contribution in [1.82, 2.24) is 0 Å². The van der Waals surface area contributed by atoms with Gasteiger partial charge in [0.05, 0.1) is 0 Å². The van der Waals surface area contributed by atoms with Crippen LogP contribution in [0.25, 0.3) is 0 Å². The normalized spacial score (nSPS) is 7.97. The van der Waals surface area contributed by atoms with E-state index in [1.54, 1.807) is 0 Å². The maximum absolute atomic E-state index is 9.71. The third kappa shape index (κ3) is 72.2. The topological polar surface area (TPSA) is 51.2 Å². The van der Waals surface area contributed by atoms with Crippen LogP contribution in [0.4, 0.5) is 0 Å². The molecule has 0 aliphatic carbocycles. The number of rotatable bonds is 16. The molecule has 29 heavy (non-hydrogen) atoms. The molecule has 0 atom stereocenters. The maximum atomic E-state index is 9.71. The molecule has 0 bridgehead atoms. The van der Waals surface area contributed by atoms with Crippen molar-refractivity contribution in [3.05, 3.63) is 0 Å². The van der Waals surface area contributed by atoms with Crippen LogP contribution in [0, 0.1) is 0 Å². The molecule has 0 saturated heterocycles. The molecule has 0 radical (unpaired) electrons. The van der Waals surface area contributed by atoms with Crippen molar-refractivity contribution in [3.63, 3.8) is 0 Å². The summed E-state index contributed by atoms with van der Waals surface area (Å²) in [6.07, 6.45) is 23.0. The Bertz CT molecular complexity index is 245. The number of carbonyl (C=O) groups excluding carboxylic acids is 3. The van der Waals surface area contributed by atoms with Crippen LogP contribution in [-0.4, -0.2) is 18.9 Å². The zero-order valence-corrected chi connectivity index (χ0v) is 29.0. The minimum absolute atomic E-state index is 0. The summed E-state index contributed by atoms with van der Waals surface area (Å²) in [4.78, 5) is 29.0. The van der Waals surface area contributed by atoms with Gasteiger partial charge in [-0.2, -0.15) is 19.3 Å². The molecule has 0 unspecified atom stereocenters. The van der Waals surface area contributed by atoms with E-state index in [1.807, 2.05) is 18.9 Å². The molecule has 152 valence electrons. The van der Waals surface area contributed by atoms with Crippen LogP contribution in [0.5, 0.6) is 0 Å². The fourth-order valence-corrected chi connectivity index (χ4v) is 2.05. The van der Waals surface area contributed by atoms with Crippen LogP contribution >= 0.6 is 0 Å². The summed E-state index contributed by atoms with van der Waals surface area (Å²) in [6.45, 7) is 6.49. The first kappa shape index (κ1) is 49.2. The third-order valence-corrected chi connectivity index (χ3v) is 3.65. The van der Waals surface area contributed by atoms with Crippen LogP contribution in [-0.2, 0) is 14.4 Å². The van der Waals surface area contributed by atoms with Crippen molar-refractivity contribution in [2.75, 3.05) is 0 Å². The van der Waals surface area contributed by atoms with Crippen LogP contribution in [0.2, 0.25) is 0 Å². The molecular weight excluding hydrogens is 404 g/mol. The van der Waals surface area contributed by atoms with Gasteiger partial charge in [-0.05, 0) is 0 Å². The number of hydrogen-bond donors (Lipinski definition) is 0. The second-order valence-electron chi connectivity index (χ2n) is 6.22. The third-order valence-electron chi connectivity index (χ3n) is 3.65. The summed E-state index contributed by atoms with van der Waals surface area (Å²) in [5.41, 5.74) is 0. The van der Waals surface area contributed by atoms with Gasteiger partial charge in [-0.3, -0.25) is 18.9 Å². The first-order valence-electron chi connectivity index (χ1n) is 10.3. The Morgan fingerprint density at radius 2 is 0.621 bits per heavy atom. The summed E-state index contributed by atoms with van der Waals surface area (Å²) >= 11 is 0. The van der Waals surface area contributed by atoms with E-state index in [-0.39, 0.29) is 120 Å². The summed E-state index contributed by atoms with van der Waals surface area (Å²) in [5, 5.41) is 0. The van der Waals surface area contributed by atoms with Gasteiger partial charge in [-0.25, -0.2) is 0 Å². The van der Waals surface area contributed by atoms with E-state index in [2.05, 4.69) is 20.8 Å². The molecule has 0 amide bonds. The van der Waals surface area contributed by atoms with E-state index in [4.69, 9.17) is 0 Å². The predicted octanol–water partition coefficient (Wildman–Crippen LogP) is -5.28. The van der Waals surface area contributed by atoms with Crippen LogP contribution < -0.4 is 118 Å². The van der Waals surface area contributed by atoms with Gasteiger partial charge in [0.25, 0.3) is 0 Å². The minimum atomic E-state index is 0. The van der Waals surface area contributed by atoms with Crippen molar-refractivity contribution in [2.24, 2.45) is 0 Å². The van der Waals surface area contributed by atoms with Crippen molar-refractivity contribution in [2.45, 2.75) is 124 Å². The summed E-state index contributed by atoms with van der Waals surface area (Å²) < 4.78 is 0. The molecule has 3 nitrogen and oxygen atoms in total. The maximum Gasteiger partial charge on any atom is 1.00 e. The molecule has 0 aromatic rings. The largest absolute Gasteiger partial charge is 1.00 e. The molecule has 0 spiro atoms. The van der Waals surface area contributed by atoms with E-state index < -0.39 is 0 Å². The minimum Gasteiger partial charge on any atom is -1.00 e. The molecule has 0 aromatic heterocycles. The van der Waals surface area contributed by atoms with Gasteiger partial charge in [0.15, 0.2) is 0 Å². The van der Waals surface area contributed by atoms with Crippen molar-refractivity contribution >= 4 is 18.9 Å². The zero-order valence-electron chi connectivity index (χ0n) is 22.0. The van der Waals surface area contributed by atoms with Crippen molar-refractivity contribution in [1.29, 1.82) is 0 Å². The van der Waals surface area contributed by atoms with E-state index in [0.717, 1.165) is 25.7 Å². The van der Waals surface area contributed by atoms with Gasteiger partial charge in [-0.15, -0.1) is 0 Å². The van der Waals surface area contributed by atoms with Crippen LogP contribution in [0.3, 0.4) is 0 Å². The van der Waals surface area contributed by atoms with E-state index >= 15 is 0 Å². The second-order valence-corrected chi connectivity index (χ2v) is 6.22. The fourth-order valence-electron chi connectivity index (χ4n) is 2.05. The first-order valence-corrected chi connectivity index (χ1v) is 10.3. The average Bonchev–Trinajstić information content (AvgIpc) is 2.63. The van der Waals surface area contributed by atoms with Gasteiger partial charge in [0.1, 0.15) is 0 Å². The molecule has 0 rings (SSSR count). The monoisotopic (exact) mass is 446 g/mol. The molecule has 0 aromatic carbocycles. The smallest absolute Gasteiger partial charge is 1.00 e. The Hall–Kier alpha value is 3.01. The molecular formula is C22H42Na4O3. The quantitative estimate of drug-likeness (QED) is 0.135. The molecule has 0 aliphatic heterocycles.